The predicted octanol–water partition coefficient (Wildman–Crippen LogP) is 1.83. The molecular weight excluding hydrogens is 352 g/mol. The van der Waals surface area contributed by atoms with Crippen LogP contribution in [0.3, 0.4) is 0 Å². The van der Waals surface area contributed by atoms with E-state index in [2.05, 4.69) is 0 Å². The minimum atomic E-state index is -1.51. The van der Waals surface area contributed by atoms with E-state index < -0.39 is 34.3 Å². The van der Waals surface area contributed by atoms with Crippen molar-refractivity contribution in [3.63, 3.8) is 0 Å². The maximum absolute atomic E-state index is 12.8. The summed E-state index contributed by atoms with van der Waals surface area (Å²) >= 11 is 0. The summed E-state index contributed by atoms with van der Waals surface area (Å²) in [5.74, 6) is -1.90. The summed E-state index contributed by atoms with van der Waals surface area (Å²) in [6, 6.07) is 0. The molecule has 0 radical (unpaired) electrons. The number of fused-ring (bicyclic) bond motifs is 1. The van der Waals surface area contributed by atoms with Crippen LogP contribution in [0.5, 0.6) is 0 Å². The van der Waals surface area contributed by atoms with Gasteiger partial charge >= 0.3 is 17.9 Å². The molecule has 0 aromatic rings. The zero-order valence-corrected chi connectivity index (χ0v) is 16.0. The Kier molecular flexibility index (Phi) is 4.93. The largest absolute Gasteiger partial charge is 0.465 e. The van der Waals surface area contributed by atoms with Gasteiger partial charge in [0.05, 0.1) is 25.4 Å². The highest BCUT2D eigenvalue weighted by molar-refractivity contribution is 6.03. The first-order chi connectivity index (χ1) is 12.8. The molecule has 0 saturated heterocycles. The molecule has 4 aliphatic rings. The van der Waals surface area contributed by atoms with E-state index in [1.165, 1.54) is 0 Å². The molecule has 4 rings (SSSR count). The van der Waals surface area contributed by atoms with Gasteiger partial charge in [-0.05, 0) is 52.0 Å². The molecule has 7 nitrogen and oxygen atoms in total. The second-order valence-electron chi connectivity index (χ2n) is 7.36. The number of hydrogen-bond donors (Lipinski definition) is 1. The molecule has 2 atom stereocenters. The van der Waals surface area contributed by atoms with Crippen molar-refractivity contribution in [1.82, 2.24) is 0 Å². The number of ether oxygens (including phenoxy) is 3. The topological polar surface area (TPSA) is 99.1 Å². The standard InChI is InChI=1S/C20H26O7/c1-4-25-15(21)14-13-11-19(16(22)26-5-2,17(23)27-6-3)12-18(13)7-9-20(14,24)10-8-18/h7,9,24H,4-6,8,10-12H2,1-3H3/t18-,20-/m1/s1. The first-order valence-electron chi connectivity index (χ1n) is 9.47. The van der Waals surface area contributed by atoms with Crippen LogP contribution >= 0.6 is 0 Å². The lowest BCUT2D eigenvalue weighted by atomic mass is 9.61. The second kappa shape index (κ2) is 6.78. The molecule has 4 aliphatic carbocycles. The molecule has 0 heterocycles. The van der Waals surface area contributed by atoms with E-state index in [-0.39, 0.29) is 38.2 Å². The SMILES string of the molecule is CCOC(=O)C1=C2CC(C(=O)OCC)(C(=O)OCC)C[C@]23C=C[C@@]1(O)CC3. The Bertz CT molecular complexity index is 717. The Balaban J connectivity index is 2.14. The Hall–Kier alpha value is -2.15. The van der Waals surface area contributed by atoms with Gasteiger partial charge in [-0.2, -0.15) is 0 Å². The molecule has 1 spiro atoms. The fraction of sp³-hybridized carbons (Fsp3) is 0.650. The first kappa shape index (κ1) is 19.6. The zero-order chi connectivity index (χ0) is 19.9. The van der Waals surface area contributed by atoms with Gasteiger partial charge in [-0.1, -0.05) is 12.2 Å². The van der Waals surface area contributed by atoms with Crippen LogP contribution < -0.4 is 0 Å². The summed E-state index contributed by atoms with van der Waals surface area (Å²) in [6.45, 7) is 5.48. The molecule has 27 heavy (non-hydrogen) atoms. The highest BCUT2D eigenvalue weighted by atomic mass is 16.6. The number of rotatable bonds is 6. The average Bonchev–Trinajstić information content (AvgIpc) is 2.98. The molecule has 1 saturated carbocycles. The highest BCUT2D eigenvalue weighted by Crippen LogP contribution is 2.64. The Morgan fingerprint density at radius 1 is 0.963 bits per heavy atom. The fourth-order valence-corrected chi connectivity index (χ4v) is 4.68. The smallest absolute Gasteiger partial charge is 0.337 e. The number of esters is 3. The second-order valence-corrected chi connectivity index (χ2v) is 7.36. The summed E-state index contributed by atoms with van der Waals surface area (Å²) in [5, 5.41) is 11.0. The highest BCUT2D eigenvalue weighted by Gasteiger charge is 2.65. The van der Waals surface area contributed by atoms with Crippen LogP contribution in [0.4, 0.5) is 0 Å². The number of hydrogen-bond acceptors (Lipinski definition) is 7. The van der Waals surface area contributed by atoms with Crippen molar-refractivity contribution < 1.29 is 33.7 Å². The van der Waals surface area contributed by atoms with Crippen molar-refractivity contribution in [3.8, 4) is 0 Å². The molecular formula is C20H26O7. The van der Waals surface area contributed by atoms with Crippen molar-refractivity contribution >= 4 is 17.9 Å². The lowest BCUT2D eigenvalue weighted by molar-refractivity contribution is -0.172. The third-order valence-corrected chi connectivity index (χ3v) is 5.87. The van der Waals surface area contributed by atoms with Crippen molar-refractivity contribution in [3.05, 3.63) is 23.3 Å². The van der Waals surface area contributed by atoms with Gasteiger partial charge in [0, 0.05) is 5.41 Å². The minimum Gasteiger partial charge on any atom is -0.465 e. The van der Waals surface area contributed by atoms with Gasteiger partial charge in [-0.25, -0.2) is 4.79 Å². The maximum atomic E-state index is 12.8. The van der Waals surface area contributed by atoms with E-state index in [0.717, 1.165) is 0 Å². The lowest BCUT2D eigenvalue weighted by Gasteiger charge is -2.45. The summed E-state index contributed by atoms with van der Waals surface area (Å²) < 4.78 is 15.6. The zero-order valence-electron chi connectivity index (χ0n) is 16.0. The van der Waals surface area contributed by atoms with Gasteiger partial charge in [0.1, 0.15) is 5.60 Å². The van der Waals surface area contributed by atoms with E-state index in [0.29, 0.717) is 18.4 Å². The lowest BCUT2D eigenvalue weighted by Crippen LogP contribution is -2.46. The summed E-state index contributed by atoms with van der Waals surface area (Å²) in [4.78, 5) is 38.3. The van der Waals surface area contributed by atoms with Crippen LogP contribution in [0, 0.1) is 10.8 Å². The van der Waals surface area contributed by atoms with Gasteiger partial charge in [-0.15, -0.1) is 0 Å². The van der Waals surface area contributed by atoms with Gasteiger partial charge in [-0.3, -0.25) is 9.59 Å². The number of allylic oxidation sites excluding steroid dienone is 2. The normalized spacial score (nSPS) is 30.1. The Morgan fingerprint density at radius 3 is 2.04 bits per heavy atom. The van der Waals surface area contributed by atoms with E-state index in [1.54, 1.807) is 26.8 Å². The number of carbonyl (C=O) groups excluding carboxylic acids is 3. The monoisotopic (exact) mass is 378 g/mol. The Labute approximate surface area is 158 Å². The third-order valence-electron chi connectivity index (χ3n) is 5.87. The quantitative estimate of drug-likeness (QED) is 0.326. The number of aliphatic hydroxyl groups is 1. The van der Waals surface area contributed by atoms with Crippen molar-refractivity contribution in [1.29, 1.82) is 0 Å². The van der Waals surface area contributed by atoms with Crippen LogP contribution in [-0.4, -0.2) is 48.4 Å². The summed E-state index contributed by atoms with van der Waals surface area (Å²) in [5.41, 5.74) is -2.83. The molecule has 1 N–H and O–H groups in total. The van der Waals surface area contributed by atoms with Crippen molar-refractivity contribution in [2.24, 2.45) is 10.8 Å². The third kappa shape index (κ3) is 2.79. The van der Waals surface area contributed by atoms with Crippen molar-refractivity contribution in [2.45, 2.75) is 52.1 Å². The summed E-state index contributed by atoms with van der Waals surface area (Å²) in [6.07, 6.45) is 4.46. The predicted molar refractivity (Wildman–Crippen MR) is 94.3 cm³/mol. The molecule has 148 valence electrons. The molecule has 0 amide bonds. The van der Waals surface area contributed by atoms with E-state index in [1.807, 2.05) is 6.08 Å². The first-order valence-corrected chi connectivity index (χ1v) is 9.47. The molecule has 2 bridgehead atoms. The molecule has 0 aromatic carbocycles. The molecule has 0 aromatic heterocycles. The van der Waals surface area contributed by atoms with E-state index in [9.17, 15) is 19.5 Å². The van der Waals surface area contributed by atoms with Crippen LogP contribution in [0.25, 0.3) is 0 Å². The van der Waals surface area contributed by atoms with Crippen LogP contribution in [0.1, 0.15) is 46.5 Å². The summed E-state index contributed by atoms with van der Waals surface area (Å²) in [7, 11) is 0. The maximum Gasteiger partial charge on any atom is 0.337 e. The van der Waals surface area contributed by atoms with Gasteiger partial charge in [0.25, 0.3) is 0 Å². The molecule has 0 unspecified atom stereocenters. The van der Waals surface area contributed by atoms with Gasteiger partial charge in [0.15, 0.2) is 5.41 Å². The Morgan fingerprint density at radius 2 is 1.56 bits per heavy atom. The number of carbonyl (C=O) groups is 3. The van der Waals surface area contributed by atoms with Crippen molar-refractivity contribution in [2.75, 3.05) is 19.8 Å². The fourth-order valence-electron chi connectivity index (χ4n) is 4.68. The van der Waals surface area contributed by atoms with Crippen LogP contribution in [0.2, 0.25) is 0 Å². The molecule has 7 heteroatoms. The average molecular weight is 378 g/mol. The van der Waals surface area contributed by atoms with E-state index >= 15 is 0 Å². The van der Waals surface area contributed by atoms with Crippen LogP contribution in [0.15, 0.2) is 23.3 Å². The molecule has 1 fully saturated rings. The minimum absolute atomic E-state index is 0.00847. The van der Waals surface area contributed by atoms with Gasteiger partial charge in [0.2, 0.25) is 0 Å². The van der Waals surface area contributed by atoms with E-state index in [4.69, 9.17) is 14.2 Å². The van der Waals surface area contributed by atoms with Gasteiger partial charge < -0.3 is 19.3 Å². The molecule has 0 aliphatic heterocycles. The van der Waals surface area contributed by atoms with Crippen LogP contribution in [-0.2, 0) is 28.6 Å².